The van der Waals surface area contributed by atoms with Crippen LogP contribution < -0.4 is 0 Å². The number of aliphatic hydroxyl groups excluding tert-OH is 1. The summed E-state index contributed by atoms with van der Waals surface area (Å²) in [7, 11) is -2.34. The van der Waals surface area contributed by atoms with Gasteiger partial charge in [-0.15, -0.1) is 0 Å². The van der Waals surface area contributed by atoms with Crippen molar-refractivity contribution in [3.63, 3.8) is 0 Å². The lowest BCUT2D eigenvalue weighted by molar-refractivity contribution is 0.223. The van der Waals surface area contributed by atoms with Crippen molar-refractivity contribution in [2.75, 3.05) is 32.4 Å². The van der Waals surface area contributed by atoms with Crippen molar-refractivity contribution in [2.45, 2.75) is 45.6 Å². The van der Waals surface area contributed by atoms with Crippen LogP contribution in [0.25, 0.3) is 0 Å². The number of nitrogens with zero attached hydrogens (tertiary/aromatic N) is 2. The average Bonchev–Trinajstić information content (AvgIpc) is 2.70. The van der Waals surface area contributed by atoms with Crippen molar-refractivity contribution in [2.24, 2.45) is 0 Å². The van der Waals surface area contributed by atoms with Gasteiger partial charge in [-0.1, -0.05) is 36.1 Å². The van der Waals surface area contributed by atoms with Gasteiger partial charge in [0.1, 0.15) is 0 Å². The van der Waals surface area contributed by atoms with Crippen LogP contribution in [0.3, 0.4) is 0 Å². The normalized spacial score (nSPS) is 27.3. The molecule has 0 aromatic heterocycles. The molecule has 2 atom stereocenters. The first-order valence-electron chi connectivity index (χ1n) is 8.98. The van der Waals surface area contributed by atoms with Crippen LogP contribution in [0.1, 0.15) is 39.5 Å². The van der Waals surface area contributed by atoms with Crippen LogP contribution in [-0.2, 0) is 0 Å². The lowest BCUT2D eigenvalue weighted by atomic mass is 10.1. The first kappa shape index (κ1) is 20.8. The summed E-state index contributed by atoms with van der Waals surface area (Å²) < 4.78 is 12.4. The SMILES string of the molecule is CC1=CC(Cl)=CC(N2CCCCCCN(S(C)(O)#CO)CC2)C=C1C. The van der Waals surface area contributed by atoms with Crippen LogP contribution in [-0.4, -0.2) is 57.3 Å². The van der Waals surface area contributed by atoms with Crippen LogP contribution in [0, 0.1) is 5.37 Å². The minimum atomic E-state index is -2.34. The van der Waals surface area contributed by atoms with Gasteiger partial charge in [0.05, 0.1) is 5.37 Å². The molecule has 1 heterocycles. The van der Waals surface area contributed by atoms with E-state index in [2.05, 4.69) is 36.3 Å². The molecule has 2 unspecified atom stereocenters. The van der Waals surface area contributed by atoms with E-state index in [-0.39, 0.29) is 6.04 Å². The molecule has 6 heteroatoms. The minimum absolute atomic E-state index is 0.157. The average molecular weight is 387 g/mol. The quantitative estimate of drug-likeness (QED) is 0.687. The number of halogens is 1. The van der Waals surface area contributed by atoms with Crippen molar-refractivity contribution in [3.05, 3.63) is 34.4 Å². The molecule has 25 heavy (non-hydrogen) atoms. The Kier molecular flexibility index (Phi) is 7.84. The second kappa shape index (κ2) is 9.43. The lowest BCUT2D eigenvalue weighted by Crippen LogP contribution is -2.40. The van der Waals surface area contributed by atoms with E-state index >= 15 is 0 Å². The molecule has 0 aromatic rings. The van der Waals surface area contributed by atoms with Gasteiger partial charge in [0.25, 0.3) is 0 Å². The summed E-state index contributed by atoms with van der Waals surface area (Å²) in [5, 5.41) is 12.2. The summed E-state index contributed by atoms with van der Waals surface area (Å²) >= 11 is 6.39. The zero-order valence-electron chi connectivity index (χ0n) is 15.5. The third kappa shape index (κ3) is 6.00. The Morgan fingerprint density at radius 2 is 1.72 bits per heavy atom. The highest BCUT2D eigenvalue weighted by Gasteiger charge is 2.21. The summed E-state index contributed by atoms with van der Waals surface area (Å²) in [6.07, 6.45) is 12.6. The fraction of sp³-hybridized carbons (Fsp3) is 0.632. The molecule has 0 amide bonds. The standard InChI is InChI=1S/C19H31ClN2O2S/c1-16-12-18(20)14-19(13-17(16)2)21-8-6-4-5-7-9-22(11-10-21)25(3,24)15-23/h12-14,19,23-24H,4-11H2,1-3H3. The maximum atomic E-state index is 10.5. The number of aliphatic hydroxyl groups is 1. The molecule has 1 fully saturated rings. The van der Waals surface area contributed by atoms with Crippen LogP contribution in [0.4, 0.5) is 0 Å². The summed E-state index contributed by atoms with van der Waals surface area (Å²) in [6, 6.07) is 0.157. The van der Waals surface area contributed by atoms with Crippen LogP contribution in [0.15, 0.2) is 34.4 Å². The molecule has 4 nitrogen and oxygen atoms in total. The number of hydrogen-bond acceptors (Lipinski definition) is 4. The highest BCUT2D eigenvalue weighted by atomic mass is 35.5. The highest BCUT2D eigenvalue weighted by Crippen LogP contribution is 2.30. The van der Waals surface area contributed by atoms with Gasteiger partial charge in [0.2, 0.25) is 0 Å². The molecule has 0 saturated carbocycles. The van der Waals surface area contributed by atoms with E-state index in [0.717, 1.165) is 37.5 Å². The van der Waals surface area contributed by atoms with Gasteiger partial charge in [0.15, 0.2) is 0 Å². The smallest absolute Gasteiger partial charge is 0.0631 e. The van der Waals surface area contributed by atoms with Gasteiger partial charge in [-0.3, -0.25) is 4.90 Å². The Hall–Kier alpha value is -0.520. The van der Waals surface area contributed by atoms with Crippen LogP contribution in [0.5, 0.6) is 0 Å². The van der Waals surface area contributed by atoms with Gasteiger partial charge in [-0.2, -0.15) is 0 Å². The number of hydrogen-bond donors (Lipinski definition) is 2. The summed E-state index contributed by atoms with van der Waals surface area (Å²) in [6.45, 7) is 7.53. The fourth-order valence-electron chi connectivity index (χ4n) is 3.31. The van der Waals surface area contributed by atoms with Gasteiger partial charge in [-0.25, -0.2) is 4.31 Å². The molecular weight excluding hydrogens is 356 g/mol. The molecule has 0 radical (unpaired) electrons. The Balaban J connectivity index is 2.20. The maximum absolute atomic E-state index is 10.5. The molecule has 2 aliphatic rings. The van der Waals surface area contributed by atoms with Gasteiger partial charge in [0, 0.05) is 37.0 Å². The Labute approximate surface area is 158 Å². The van der Waals surface area contributed by atoms with Crippen LogP contribution >= 0.6 is 21.5 Å². The van der Waals surface area contributed by atoms with E-state index < -0.39 is 9.90 Å². The van der Waals surface area contributed by atoms with Crippen molar-refractivity contribution in [3.8, 4) is 5.37 Å². The van der Waals surface area contributed by atoms with Crippen LogP contribution in [0.2, 0.25) is 0 Å². The Bertz CT molecular complexity index is 676. The largest absolute Gasteiger partial charge is 0.326 e. The molecule has 2 N–H and O–H groups in total. The first-order chi connectivity index (χ1) is 11.8. The number of allylic oxidation sites excluding steroid dienone is 4. The summed E-state index contributed by atoms with van der Waals surface area (Å²) in [4.78, 5) is 2.42. The van der Waals surface area contributed by atoms with E-state index in [1.807, 2.05) is 10.4 Å². The second-order valence-corrected chi connectivity index (χ2v) is 9.83. The Morgan fingerprint density at radius 3 is 2.40 bits per heavy atom. The zero-order valence-corrected chi connectivity index (χ0v) is 17.1. The van der Waals surface area contributed by atoms with Gasteiger partial charge in [-0.05, 0) is 60.9 Å². The third-order valence-electron chi connectivity index (χ3n) is 5.06. The molecule has 2 rings (SSSR count). The van der Waals surface area contributed by atoms with Gasteiger partial charge < -0.3 is 9.66 Å². The van der Waals surface area contributed by atoms with Gasteiger partial charge >= 0.3 is 0 Å². The molecular formula is C19H31ClN2O2S. The maximum Gasteiger partial charge on any atom is 0.0631 e. The lowest BCUT2D eigenvalue weighted by Gasteiger charge is -2.35. The minimum Gasteiger partial charge on any atom is -0.326 e. The molecule has 0 aromatic carbocycles. The topological polar surface area (TPSA) is 46.9 Å². The predicted molar refractivity (Wildman–Crippen MR) is 109 cm³/mol. The zero-order chi connectivity index (χ0) is 18.4. The molecule has 1 aliphatic carbocycles. The predicted octanol–water partition coefficient (Wildman–Crippen LogP) is 4.67. The van der Waals surface area contributed by atoms with E-state index in [9.17, 15) is 9.66 Å². The molecule has 142 valence electrons. The monoisotopic (exact) mass is 386 g/mol. The highest BCUT2D eigenvalue weighted by molar-refractivity contribution is 8.16. The second-order valence-electron chi connectivity index (χ2n) is 7.02. The fourth-order valence-corrected chi connectivity index (χ4v) is 4.64. The van der Waals surface area contributed by atoms with E-state index in [1.54, 1.807) is 6.26 Å². The van der Waals surface area contributed by atoms with E-state index in [4.69, 9.17) is 11.6 Å². The van der Waals surface area contributed by atoms with E-state index in [1.165, 1.54) is 24.0 Å². The molecule has 0 spiro atoms. The number of rotatable bonds is 1. The summed E-state index contributed by atoms with van der Waals surface area (Å²) in [5.74, 6) is 0. The molecule has 0 bridgehead atoms. The first-order valence-corrected chi connectivity index (χ1v) is 11.3. The molecule has 1 saturated heterocycles. The van der Waals surface area contributed by atoms with Crippen molar-refractivity contribution < 1.29 is 9.66 Å². The van der Waals surface area contributed by atoms with Crippen molar-refractivity contribution in [1.29, 1.82) is 0 Å². The third-order valence-corrected chi connectivity index (χ3v) is 7.02. The Morgan fingerprint density at radius 1 is 1.04 bits per heavy atom. The summed E-state index contributed by atoms with van der Waals surface area (Å²) in [5.41, 5.74) is 2.45. The van der Waals surface area contributed by atoms with E-state index in [0.29, 0.717) is 6.54 Å². The van der Waals surface area contributed by atoms with Crippen molar-refractivity contribution >= 4 is 21.5 Å². The molecule has 1 aliphatic heterocycles. The van der Waals surface area contributed by atoms with Crippen molar-refractivity contribution in [1.82, 2.24) is 9.21 Å².